The molecule has 0 aromatic carbocycles. The minimum atomic E-state index is 0.230. The van der Waals surface area contributed by atoms with E-state index in [1.165, 1.54) is 4.90 Å². The lowest BCUT2D eigenvalue weighted by Crippen LogP contribution is -2.10. The molecule has 13 heavy (non-hydrogen) atoms. The van der Waals surface area contributed by atoms with Crippen LogP contribution in [0.25, 0.3) is 0 Å². The number of nitrogens with zero attached hydrogens (tertiary/aromatic N) is 4. The van der Waals surface area contributed by atoms with Crippen molar-refractivity contribution in [2.45, 2.75) is 26.3 Å². The highest BCUT2D eigenvalue weighted by Gasteiger charge is 2.10. The van der Waals surface area contributed by atoms with Crippen LogP contribution in [0.4, 0.5) is 0 Å². The summed E-state index contributed by atoms with van der Waals surface area (Å²) in [5, 5.41) is 16.2. The van der Waals surface area contributed by atoms with E-state index in [1.807, 2.05) is 20.0 Å². The van der Waals surface area contributed by atoms with Crippen molar-refractivity contribution in [1.82, 2.24) is 15.1 Å². The van der Waals surface area contributed by atoms with Crippen LogP contribution in [0.3, 0.4) is 0 Å². The Morgan fingerprint density at radius 1 is 1.54 bits per heavy atom. The molecule has 0 atom stereocenters. The molecule has 1 rings (SSSR count). The molecular formula is C8H12N4O. The van der Waals surface area contributed by atoms with Gasteiger partial charge in [0.15, 0.2) is 6.19 Å². The number of rotatable bonds is 3. The normalized spacial score (nSPS) is 10.1. The third-order valence-electron chi connectivity index (χ3n) is 1.52. The van der Waals surface area contributed by atoms with E-state index < -0.39 is 0 Å². The van der Waals surface area contributed by atoms with Crippen LogP contribution in [-0.2, 0) is 6.54 Å². The molecule has 0 fully saturated rings. The highest BCUT2D eigenvalue weighted by atomic mass is 16.4. The fraction of sp³-hybridized carbons (Fsp3) is 0.625. The van der Waals surface area contributed by atoms with Gasteiger partial charge in [-0.25, -0.2) is 0 Å². The molecule has 5 heteroatoms. The van der Waals surface area contributed by atoms with Gasteiger partial charge in [-0.3, -0.25) is 0 Å². The predicted molar refractivity (Wildman–Crippen MR) is 45.5 cm³/mol. The third-order valence-corrected chi connectivity index (χ3v) is 1.52. The topological polar surface area (TPSA) is 66.0 Å². The maximum absolute atomic E-state index is 8.50. The molecule has 0 aliphatic rings. The van der Waals surface area contributed by atoms with Crippen molar-refractivity contribution in [2.24, 2.45) is 0 Å². The summed E-state index contributed by atoms with van der Waals surface area (Å²) in [6.45, 7) is 4.33. The standard InChI is InChI=1S/C8H12N4O/c1-6(2)8-11-10-7(13-8)4-12(3)5-9/h6H,4H2,1-3H3. The van der Waals surface area contributed by atoms with Gasteiger partial charge in [-0.1, -0.05) is 13.8 Å². The maximum atomic E-state index is 8.50. The van der Waals surface area contributed by atoms with Gasteiger partial charge in [0, 0.05) is 13.0 Å². The van der Waals surface area contributed by atoms with Gasteiger partial charge in [-0.2, -0.15) is 5.26 Å². The lowest BCUT2D eigenvalue weighted by atomic mass is 10.2. The van der Waals surface area contributed by atoms with E-state index in [2.05, 4.69) is 10.2 Å². The summed E-state index contributed by atoms with van der Waals surface area (Å²) in [7, 11) is 1.67. The van der Waals surface area contributed by atoms with Crippen LogP contribution < -0.4 is 0 Å². The molecule has 0 bridgehead atoms. The first-order valence-corrected chi connectivity index (χ1v) is 4.06. The van der Waals surface area contributed by atoms with Crippen LogP contribution in [0.5, 0.6) is 0 Å². The average Bonchev–Trinajstić information content (AvgIpc) is 2.52. The van der Waals surface area contributed by atoms with E-state index in [0.29, 0.717) is 18.3 Å². The van der Waals surface area contributed by atoms with Crippen molar-refractivity contribution in [2.75, 3.05) is 7.05 Å². The molecule has 5 nitrogen and oxygen atoms in total. The molecule has 0 saturated heterocycles. The van der Waals surface area contributed by atoms with Crippen LogP contribution in [0.1, 0.15) is 31.5 Å². The van der Waals surface area contributed by atoms with Crippen molar-refractivity contribution in [3.8, 4) is 6.19 Å². The molecule has 70 valence electrons. The smallest absolute Gasteiger partial charge is 0.236 e. The molecule has 0 unspecified atom stereocenters. The fourth-order valence-electron chi connectivity index (χ4n) is 0.802. The monoisotopic (exact) mass is 180 g/mol. The molecule has 0 amide bonds. The molecule has 0 saturated carbocycles. The molecule has 1 heterocycles. The van der Waals surface area contributed by atoms with Gasteiger partial charge in [-0.15, -0.1) is 10.2 Å². The molecule has 1 aromatic rings. The zero-order chi connectivity index (χ0) is 9.84. The Hall–Kier alpha value is -1.57. The first kappa shape index (κ1) is 9.52. The van der Waals surface area contributed by atoms with Crippen molar-refractivity contribution in [3.05, 3.63) is 11.8 Å². The van der Waals surface area contributed by atoms with Crippen molar-refractivity contribution in [3.63, 3.8) is 0 Å². The van der Waals surface area contributed by atoms with Gasteiger partial charge in [-0.05, 0) is 0 Å². The Morgan fingerprint density at radius 2 is 2.23 bits per heavy atom. The minimum absolute atomic E-state index is 0.230. The molecular weight excluding hydrogens is 168 g/mol. The van der Waals surface area contributed by atoms with Gasteiger partial charge < -0.3 is 9.32 Å². The lowest BCUT2D eigenvalue weighted by molar-refractivity contribution is 0.361. The van der Waals surface area contributed by atoms with E-state index >= 15 is 0 Å². The van der Waals surface area contributed by atoms with Crippen molar-refractivity contribution in [1.29, 1.82) is 5.26 Å². The average molecular weight is 180 g/mol. The summed E-state index contributed by atoms with van der Waals surface area (Å²) < 4.78 is 5.30. The first-order valence-electron chi connectivity index (χ1n) is 4.06. The lowest BCUT2D eigenvalue weighted by Gasteiger charge is -2.02. The maximum Gasteiger partial charge on any atom is 0.236 e. The second kappa shape index (κ2) is 3.90. The molecule has 0 radical (unpaired) electrons. The summed E-state index contributed by atoms with van der Waals surface area (Å²) in [6.07, 6.45) is 1.96. The zero-order valence-electron chi connectivity index (χ0n) is 7.98. The van der Waals surface area contributed by atoms with E-state index in [1.54, 1.807) is 7.05 Å². The fourth-order valence-corrected chi connectivity index (χ4v) is 0.802. The zero-order valence-corrected chi connectivity index (χ0v) is 7.98. The molecule has 0 aliphatic heterocycles. The Bertz CT molecular complexity index is 312. The van der Waals surface area contributed by atoms with Crippen LogP contribution in [0.15, 0.2) is 4.42 Å². The summed E-state index contributed by atoms with van der Waals surface area (Å²) in [5.74, 6) is 1.32. The van der Waals surface area contributed by atoms with Gasteiger partial charge in [0.1, 0.15) is 6.54 Å². The van der Waals surface area contributed by atoms with E-state index in [-0.39, 0.29) is 5.92 Å². The number of nitriles is 1. The largest absolute Gasteiger partial charge is 0.423 e. The van der Waals surface area contributed by atoms with Gasteiger partial charge >= 0.3 is 0 Å². The summed E-state index contributed by atoms with van der Waals surface area (Å²) in [5.41, 5.74) is 0. The van der Waals surface area contributed by atoms with E-state index in [4.69, 9.17) is 9.68 Å². The first-order chi connectivity index (χ1) is 6.13. The Labute approximate surface area is 77.0 Å². The minimum Gasteiger partial charge on any atom is -0.423 e. The second-order valence-corrected chi connectivity index (χ2v) is 3.14. The van der Waals surface area contributed by atoms with Gasteiger partial charge in [0.25, 0.3) is 0 Å². The Kier molecular flexibility index (Phi) is 2.85. The predicted octanol–water partition coefficient (Wildman–Crippen LogP) is 1.11. The summed E-state index contributed by atoms with van der Waals surface area (Å²) in [6, 6.07) is 0. The molecule has 0 aliphatic carbocycles. The Balaban J connectivity index is 2.65. The van der Waals surface area contributed by atoms with Crippen molar-refractivity contribution < 1.29 is 4.42 Å². The molecule has 1 aromatic heterocycles. The number of hydrogen-bond donors (Lipinski definition) is 0. The van der Waals surface area contributed by atoms with E-state index in [9.17, 15) is 0 Å². The summed E-state index contributed by atoms with van der Waals surface area (Å²) >= 11 is 0. The number of hydrogen-bond acceptors (Lipinski definition) is 5. The van der Waals surface area contributed by atoms with Crippen LogP contribution in [0.2, 0.25) is 0 Å². The van der Waals surface area contributed by atoms with E-state index in [0.717, 1.165) is 0 Å². The SMILES string of the molecule is CC(C)c1nnc(CN(C)C#N)o1. The highest BCUT2D eigenvalue weighted by molar-refractivity contribution is 4.88. The Morgan fingerprint density at radius 3 is 2.69 bits per heavy atom. The molecule has 0 N–H and O–H groups in total. The van der Waals surface area contributed by atoms with Crippen LogP contribution in [-0.4, -0.2) is 22.1 Å². The quantitative estimate of drug-likeness (QED) is 0.515. The van der Waals surface area contributed by atoms with Gasteiger partial charge in [0.2, 0.25) is 11.8 Å². The molecule has 0 spiro atoms. The number of aromatic nitrogens is 2. The highest BCUT2D eigenvalue weighted by Crippen LogP contribution is 2.12. The summed E-state index contributed by atoms with van der Waals surface area (Å²) in [4.78, 5) is 1.43. The van der Waals surface area contributed by atoms with Crippen LogP contribution >= 0.6 is 0 Å². The third kappa shape index (κ3) is 2.44. The van der Waals surface area contributed by atoms with Gasteiger partial charge in [0.05, 0.1) is 0 Å². The second-order valence-electron chi connectivity index (χ2n) is 3.14. The van der Waals surface area contributed by atoms with Crippen LogP contribution in [0, 0.1) is 11.5 Å². The van der Waals surface area contributed by atoms with Crippen molar-refractivity contribution >= 4 is 0 Å².